The number of anilines is 5. The molecule has 0 radical (unpaired) electrons. The molecule has 6 rings (SSSR count). The lowest BCUT2D eigenvalue weighted by atomic mass is 9.58. The Bertz CT molecular complexity index is 1640. The molecule has 3 aliphatic rings. The third-order valence-corrected chi connectivity index (χ3v) is 11.0. The van der Waals surface area contributed by atoms with E-state index in [0.29, 0.717) is 35.4 Å². The van der Waals surface area contributed by atoms with Crippen LogP contribution in [-0.2, 0) is 16.1 Å². The lowest BCUT2D eigenvalue weighted by molar-refractivity contribution is -0.124. The van der Waals surface area contributed by atoms with Crippen molar-refractivity contribution in [1.29, 1.82) is 0 Å². The van der Waals surface area contributed by atoms with Crippen LogP contribution in [0.4, 0.5) is 28.8 Å². The predicted octanol–water partition coefficient (Wildman–Crippen LogP) is 7.48. The number of halogens is 1. The molecule has 2 atom stereocenters. The van der Waals surface area contributed by atoms with Gasteiger partial charge in [-0.3, -0.25) is 14.5 Å². The molecule has 0 spiro atoms. The second-order valence-electron chi connectivity index (χ2n) is 15.3. The zero-order chi connectivity index (χ0) is 35.8. The Kier molecular flexibility index (Phi) is 12.1. The molecule has 2 aromatic carbocycles. The molecular weight excluding hydrogens is 660 g/mol. The topological polar surface area (TPSA) is 115 Å². The van der Waals surface area contributed by atoms with Crippen molar-refractivity contribution in [3.8, 4) is 0 Å². The first-order chi connectivity index (χ1) is 24.6. The summed E-state index contributed by atoms with van der Waals surface area (Å²) in [7, 11) is 0. The van der Waals surface area contributed by atoms with Gasteiger partial charge in [0.1, 0.15) is 5.02 Å². The van der Waals surface area contributed by atoms with Crippen molar-refractivity contribution in [3.05, 3.63) is 78.0 Å². The first-order valence-corrected chi connectivity index (χ1v) is 18.9. The zero-order valence-electron chi connectivity index (χ0n) is 30.1. The van der Waals surface area contributed by atoms with E-state index in [-0.39, 0.29) is 17.2 Å². The Morgan fingerprint density at radius 1 is 1.02 bits per heavy atom. The second kappa shape index (κ2) is 16.9. The van der Waals surface area contributed by atoms with Gasteiger partial charge in [-0.05, 0) is 116 Å². The van der Waals surface area contributed by atoms with Crippen LogP contribution in [0.1, 0.15) is 64.4 Å². The molecule has 2 aliphatic carbocycles. The number of aromatic nitrogens is 2. The van der Waals surface area contributed by atoms with E-state index < -0.39 is 0 Å². The maximum Gasteiger partial charge on any atom is 0.247 e. The zero-order valence-corrected chi connectivity index (χ0v) is 30.9. The van der Waals surface area contributed by atoms with E-state index in [4.69, 9.17) is 11.6 Å². The molecule has 51 heavy (non-hydrogen) atoms. The van der Waals surface area contributed by atoms with Gasteiger partial charge in [0.2, 0.25) is 17.8 Å². The number of rotatable bonds is 14. The summed E-state index contributed by atoms with van der Waals surface area (Å²) in [5.74, 6) is 3.43. The van der Waals surface area contributed by atoms with Crippen molar-refractivity contribution in [2.24, 2.45) is 23.2 Å². The number of hydrogen-bond acceptors (Lipinski definition) is 8. The van der Waals surface area contributed by atoms with Crippen LogP contribution in [0.25, 0.3) is 0 Å². The van der Waals surface area contributed by atoms with Crippen LogP contribution in [0.5, 0.6) is 0 Å². The minimum absolute atomic E-state index is 0.177. The van der Waals surface area contributed by atoms with Gasteiger partial charge in [0, 0.05) is 62.8 Å². The van der Waals surface area contributed by atoms with Gasteiger partial charge >= 0.3 is 0 Å². The fraction of sp³-hybridized carbons (Fsp3) is 0.500. The van der Waals surface area contributed by atoms with Crippen molar-refractivity contribution in [1.82, 2.24) is 20.2 Å². The van der Waals surface area contributed by atoms with Crippen LogP contribution in [0.3, 0.4) is 0 Å². The Balaban J connectivity index is 0.899. The van der Waals surface area contributed by atoms with E-state index in [1.807, 2.05) is 36.4 Å². The molecule has 10 nitrogen and oxygen atoms in total. The number of carbonyl (C=O) groups excluding carboxylic acids is 2. The number of piperazine rings is 1. The van der Waals surface area contributed by atoms with Crippen molar-refractivity contribution >= 4 is 52.2 Å². The standard InChI is InChI=1S/C40H53ClN8O2/c1-4-36(50)45-33-8-5-7-29(22-33)26-43-38-35(41)27-44-39(47-38)46-32-9-11-34(12-10-32)49-17-15-48(16-18-49)14-6-13-42-37(51)25-40(3)23-30-19-28(2)20-31(21-30)24-40/h4-5,7-12,22,27-28,30-31H,1,6,13-21,23-26H2,2-3H3,(H,42,51)(H,45,50)(H2,43,44,46,47). The Morgan fingerprint density at radius 2 is 1.76 bits per heavy atom. The van der Waals surface area contributed by atoms with Gasteiger partial charge in [0.15, 0.2) is 5.82 Å². The highest BCUT2D eigenvalue weighted by Gasteiger charge is 2.41. The summed E-state index contributed by atoms with van der Waals surface area (Å²) in [6, 6.07) is 15.9. The molecule has 1 aromatic heterocycles. The number of hydrogen-bond donors (Lipinski definition) is 4. The highest BCUT2D eigenvalue weighted by atomic mass is 35.5. The predicted molar refractivity (Wildman–Crippen MR) is 208 cm³/mol. The van der Waals surface area contributed by atoms with E-state index in [2.05, 4.69) is 73.6 Å². The molecule has 2 unspecified atom stereocenters. The number of carbonyl (C=O) groups is 2. The van der Waals surface area contributed by atoms with Gasteiger partial charge in [0.25, 0.3) is 0 Å². The van der Waals surface area contributed by atoms with E-state index >= 15 is 0 Å². The van der Waals surface area contributed by atoms with Gasteiger partial charge in [-0.2, -0.15) is 4.98 Å². The van der Waals surface area contributed by atoms with Crippen LogP contribution < -0.4 is 26.2 Å². The summed E-state index contributed by atoms with van der Waals surface area (Å²) >= 11 is 6.39. The molecule has 3 fully saturated rings. The van der Waals surface area contributed by atoms with E-state index in [1.165, 1.54) is 43.9 Å². The molecule has 3 aromatic rings. The lowest BCUT2D eigenvalue weighted by Crippen LogP contribution is -2.47. The largest absolute Gasteiger partial charge is 0.369 e. The first kappa shape index (κ1) is 36.6. The van der Waals surface area contributed by atoms with Gasteiger partial charge in [-0.15, -0.1) is 0 Å². The van der Waals surface area contributed by atoms with Gasteiger partial charge in [-0.1, -0.05) is 44.2 Å². The van der Waals surface area contributed by atoms with Crippen molar-refractivity contribution in [3.63, 3.8) is 0 Å². The monoisotopic (exact) mass is 712 g/mol. The minimum atomic E-state index is -0.259. The molecule has 1 saturated heterocycles. The summed E-state index contributed by atoms with van der Waals surface area (Å²) in [4.78, 5) is 38.4. The highest BCUT2D eigenvalue weighted by Crippen LogP contribution is 2.51. The number of nitrogens with one attached hydrogen (secondary N) is 4. The van der Waals surface area contributed by atoms with E-state index in [0.717, 1.165) is 74.7 Å². The van der Waals surface area contributed by atoms with Gasteiger partial charge < -0.3 is 26.2 Å². The molecule has 2 amide bonds. The average molecular weight is 713 g/mol. The number of nitrogens with zero attached hydrogens (tertiary/aromatic N) is 4. The fourth-order valence-electron chi connectivity index (χ4n) is 8.64. The third-order valence-electron chi connectivity index (χ3n) is 10.7. The number of amides is 2. The maximum absolute atomic E-state index is 12.9. The number of fused-ring (bicyclic) bond motifs is 2. The minimum Gasteiger partial charge on any atom is -0.369 e. The Hall–Kier alpha value is -4.15. The van der Waals surface area contributed by atoms with Crippen LogP contribution in [0.2, 0.25) is 5.02 Å². The van der Waals surface area contributed by atoms with E-state index in [1.54, 1.807) is 6.20 Å². The SMILES string of the molecule is C=CC(=O)Nc1cccc(CNc2nc(Nc3ccc(N4CCN(CCCNC(=O)CC5(C)CC6CC(C)CC(C6)C5)CC4)cc3)ncc2Cl)c1. The number of benzene rings is 2. The van der Waals surface area contributed by atoms with E-state index in [9.17, 15) is 9.59 Å². The third kappa shape index (κ3) is 10.5. The van der Waals surface area contributed by atoms with Crippen molar-refractivity contribution in [2.75, 3.05) is 60.1 Å². The summed E-state index contributed by atoms with van der Waals surface area (Å²) in [6.07, 6.45) is 11.0. The smallest absolute Gasteiger partial charge is 0.247 e. The van der Waals surface area contributed by atoms with Crippen LogP contribution in [0.15, 0.2) is 67.4 Å². The van der Waals surface area contributed by atoms with Crippen LogP contribution in [0, 0.1) is 23.2 Å². The molecule has 2 bridgehead atoms. The molecule has 2 heterocycles. The molecule has 1 aliphatic heterocycles. The summed E-state index contributed by atoms with van der Waals surface area (Å²) in [6.45, 7) is 14.4. The van der Waals surface area contributed by atoms with Gasteiger partial charge in [0.05, 0.1) is 6.20 Å². The average Bonchev–Trinajstić information content (AvgIpc) is 3.10. The fourth-order valence-corrected chi connectivity index (χ4v) is 8.80. The Labute approximate surface area is 307 Å². The first-order valence-electron chi connectivity index (χ1n) is 18.5. The molecule has 2 saturated carbocycles. The Morgan fingerprint density at radius 3 is 2.49 bits per heavy atom. The van der Waals surface area contributed by atoms with Crippen LogP contribution in [-0.4, -0.2) is 66.0 Å². The highest BCUT2D eigenvalue weighted by molar-refractivity contribution is 6.32. The van der Waals surface area contributed by atoms with Crippen molar-refractivity contribution < 1.29 is 9.59 Å². The molecular formula is C40H53ClN8O2. The quantitative estimate of drug-likeness (QED) is 0.101. The summed E-state index contributed by atoms with van der Waals surface area (Å²) < 4.78 is 0. The molecule has 11 heteroatoms. The normalized spacial score (nSPS) is 23.3. The van der Waals surface area contributed by atoms with Crippen molar-refractivity contribution in [2.45, 2.75) is 65.3 Å². The summed E-state index contributed by atoms with van der Waals surface area (Å²) in [5.41, 5.74) is 3.89. The van der Waals surface area contributed by atoms with Gasteiger partial charge in [-0.25, -0.2) is 4.98 Å². The summed E-state index contributed by atoms with van der Waals surface area (Å²) in [5, 5.41) is 13.0. The second-order valence-corrected chi connectivity index (χ2v) is 15.7. The maximum atomic E-state index is 12.9. The molecule has 272 valence electrons. The molecule has 4 N–H and O–H groups in total. The lowest BCUT2D eigenvalue weighted by Gasteiger charge is -2.47. The van der Waals surface area contributed by atoms with Crippen LogP contribution >= 0.6 is 11.6 Å².